The molecule has 5 aliphatic carbocycles. The zero-order valence-corrected chi connectivity index (χ0v) is 28.3. The van der Waals surface area contributed by atoms with Crippen LogP contribution >= 0.6 is 0 Å². The number of aliphatic carboxylic acids is 1. The second-order valence-electron chi connectivity index (χ2n) is 17.5. The van der Waals surface area contributed by atoms with Crippen molar-refractivity contribution in [3.63, 3.8) is 0 Å². The van der Waals surface area contributed by atoms with E-state index in [1.54, 1.807) is 0 Å². The number of fused-ring (bicyclic) bond motifs is 7. The molecule has 262 valence electrons. The van der Waals surface area contributed by atoms with Gasteiger partial charge in [0.25, 0.3) is 0 Å². The summed E-state index contributed by atoms with van der Waals surface area (Å²) >= 11 is 0. The van der Waals surface area contributed by atoms with Crippen LogP contribution in [0.1, 0.15) is 98.8 Å². The molecule has 15 atom stereocenters. The Balaban J connectivity index is 1.30. The van der Waals surface area contributed by atoms with Gasteiger partial charge in [0.1, 0.15) is 24.4 Å². The van der Waals surface area contributed by atoms with Gasteiger partial charge in [-0.1, -0.05) is 46.3 Å². The first-order chi connectivity index (χ1) is 21.5. The molecule has 1 aliphatic heterocycles. The molecule has 0 amide bonds. The van der Waals surface area contributed by atoms with Crippen LogP contribution in [-0.2, 0) is 14.3 Å². The molecule has 0 bridgehead atoms. The lowest BCUT2D eigenvalue weighted by molar-refractivity contribution is -0.307. The molecular weight excluding hydrogens is 592 g/mol. The van der Waals surface area contributed by atoms with E-state index < -0.39 is 65.6 Å². The van der Waals surface area contributed by atoms with Crippen molar-refractivity contribution < 1.29 is 50.0 Å². The second kappa shape index (κ2) is 11.5. The highest BCUT2D eigenvalue weighted by molar-refractivity contribution is 5.76. The van der Waals surface area contributed by atoms with E-state index in [0.29, 0.717) is 38.0 Å². The maximum Gasteiger partial charge on any atom is 0.310 e. The Hall–Kier alpha value is -1.11. The molecule has 0 aromatic rings. The van der Waals surface area contributed by atoms with Crippen molar-refractivity contribution in [2.75, 3.05) is 19.8 Å². The summed E-state index contributed by atoms with van der Waals surface area (Å²) in [7, 11) is 0. The molecule has 5 fully saturated rings. The van der Waals surface area contributed by atoms with Gasteiger partial charge in [-0.15, -0.1) is 0 Å². The molecule has 0 aromatic heterocycles. The van der Waals surface area contributed by atoms with E-state index in [4.69, 9.17) is 9.47 Å². The molecule has 7 N–H and O–H groups in total. The second-order valence-corrected chi connectivity index (χ2v) is 17.5. The van der Waals surface area contributed by atoms with Gasteiger partial charge in [0.15, 0.2) is 6.29 Å². The van der Waals surface area contributed by atoms with E-state index >= 15 is 0 Å². The quantitative estimate of drug-likeness (QED) is 0.212. The fourth-order valence-corrected chi connectivity index (χ4v) is 12.2. The number of ether oxygens (including phenoxy) is 2. The Morgan fingerprint density at radius 1 is 0.891 bits per heavy atom. The zero-order valence-electron chi connectivity index (χ0n) is 28.3. The van der Waals surface area contributed by atoms with Crippen molar-refractivity contribution in [2.24, 2.45) is 50.2 Å². The normalized spacial score (nSPS) is 55.3. The molecule has 6 aliphatic rings. The van der Waals surface area contributed by atoms with Crippen molar-refractivity contribution in [1.82, 2.24) is 0 Å². The van der Waals surface area contributed by atoms with Crippen LogP contribution in [0, 0.1) is 50.2 Å². The third-order valence-corrected chi connectivity index (χ3v) is 15.5. The summed E-state index contributed by atoms with van der Waals surface area (Å²) in [6.07, 6.45) is 2.66. The van der Waals surface area contributed by atoms with Gasteiger partial charge in [0.2, 0.25) is 0 Å². The van der Waals surface area contributed by atoms with Crippen LogP contribution in [0.3, 0.4) is 0 Å². The number of aliphatic hydroxyl groups excluding tert-OH is 6. The molecule has 10 heteroatoms. The summed E-state index contributed by atoms with van der Waals surface area (Å²) in [5.74, 6) is -0.349. The first kappa shape index (κ1) is 34.7. The van der Waals surface area contributed by atoms with Gasteiger partial charge in [0, 0.05) is 5.41 Å². The Bertz CT molecular complexity index is 1220. The van der Waals surface area contributed by atoms with Crippen LogP contribution in [0.2, 0.25) is 0 Å². The van der Waals surface area contributed by atoms with Gasteiger partial charge >= 0.3 is 5.97 Å². The standard InChI is InChI=1S/C36H58O10/c1-31(19-45-29-28(42)27(41)26(40)22(17-37)46-29)12-14-36(30(43)44)15-13-34(4)20(21(36)16-31)6-7-24-32(2)10-9-25(39)33(3,18-38)23(32)8-11-35(24,34)5/h6,21-29,37-42H,7-19H2,1-5H3,(H,43,44)/t21-,22+,23+,24+,25-,26+,27-,28+,29+,31+,32-,33-,34+,35+,36-/m0/s1. The minimum atomic E-state index is -1.52. The molecule has 0 unspecified atom stereocenters. The van der Waals surface area contributed by atoms with Gasteiger partial charge < -0.3 is 45.2 Å². The third-order valence-electron chi connectivity index (χ3n) is 15.5. The highest BCUT2D eigenvalue weighted by Gasteiger charge is 2.70. The fourth-order valence-electron chi connectivity index (χ4n) is 12.2. The third kappa shape index (κ3) is 4.67. The fraction of sp³-hybridized carbons (Fsp3) is 0.917. The molecule has 1 heterocycles. The average Bonchev–Trinajstić information content (AvgIpc) is 3.02. The van der Waals surface area contributed by atoms with Crippen molar-refractivity contribution >= 4 is 5.97 Å². The van der Waals surface area contributed by atoms with E-state index in [9.17, 15) is 40.5 Å². The predicted octanol–water partition coefficient (Wildman–Crippen LogP) is 3.00. The molecule has 1 saturated heterocycles. The monoisotopic (exact) mass is 650 g/mol. The lowest BCUT2D eigenvalue weighted by Crippen LogP contribution is -2.66. The molecule has 0 aromatic carbocycles. The first-order valence-corrected chi connectivity index (χ1v) is 17.6. The van der Waals surface area contributed by atoms with Gasteiger partial charge in [-0.2, -0.15) is 0 Å². The van der Waals surface area contributed by atoms with Crippen LogP contribution in [0.4, 0.5) is 0 Å². The van der Waals surface area contributed by atoms with Gasteiger partial charge in [-0.25, -0.2) is 0 Å². The molecule has 6 rings (SSSR count). The lowest BCUT2D eigenvalue weighted by atomic mass is 9.33. The summed E-state index contributed by atoms with van der Waals surface area (Å²) in [5.41, 5.74) is -0.857. The van der Waals surface area contributed by atoms with Gasteiger partial charge in [-0.3, -0.25) is 4.79 Å². The van der Waals surface area contributed by atoms with Crippen molar-refractivity contribution in [2.45, 2.75) is 136 Å². The van der Waals surface area contributed by atoms with Crippen molar-refractivity contribution in [3.05, 3.63) is 11.6 Å². The number of aliphatic hydroxyl groups is 6. The number of carbonyl (C=O) groups is 1. The summed E-state index contributed by atoms with van der Waals surface area (Å²) in [4.78, 5) is 13.2. The summed E-state index contributed by atoms with van der Waals surface area (Å²) < 4.78 is 11.7. The van der Waals surface area contributed by atoms with Crippen LogP contribution in [0.5, 0.6) is 0 Å². The lowest BCUT2D eigenvalue weighted by Gasteiger charge is -2.71. The average molecular weight is 651 g/mol. The molecule has 0 spiro atoms. The number of rotatable bonds is 6. The van der Waals surface area contributed by atoms with E-state index in [1.807, 2.05) is 0 Å². The van der Waals surface area contributed by atoms with E-state index in [0.717, 1.165) is 32.1 Å². The number of hydrogen-bond donors (Lipinski definition) is 7. The SMILES string of the molecule is C[C@@]1(CO[C@@H]2O[C@H](CO)[C@@H](O)[C@H](O)[C@H]2O)CC[C@]2(C(=O)O)CC[C@]3(C)C(=CC[C@@H]4[C@@]5(C)CC[C@H](O)[C@@](C)(CO)[C@@H]5CC[C@]43C)[C@@H]2C1. The number of allylic oxidation sites excluding steroid dienone is 2. The molecule has 10 nitrogen and oxygen atoms in total. The Labute approximate surface area is 273 Å². The summed E-state index contributed by atoms with van der Waals surface area (Å²) in [6, 6.07) is 0. The van der Waals surface area contributed by atoms with E-state index in [2.05, 4.69) is 40.7 Å². The molecule has 0 radical (unpaired) electrons. The topological polar surface area (TPSA) is 177 Å². The summed E-state index contributed by atoms with van der Waals surface area (Å²) in [6.45, 7) is 11.0. The zero-order chi connectivity index (χ0) is 33.7. The maximum atomic E-state index is 13.2. The van der Waals surface area contributed by atoms with Crippen LogP contribution in [0.25, 0.3) is 0 Å². The highest BCUT2D eigenvalue weighted by atomic mass is 16.7. The Kier molecular flexibility index (Phi) is 8.66. The van der Waals surface area contributed by atoms with Crippen LogP contribution in [-0.4, -0.2) is 98.3 Å². The van der Waals surface area contributed by atoms with Crippen molar-refractivity contribution in [3.8, 4) is 0 Å². The van der Waals surface area contributed by atoms with E-state index in [1.165, 1.54) is 5.57 Å². The number of hydrogen-bond acceptors (Lipinski definition) is 9. The van der Waals surface area contributed by atoms with Crippen LogP contribution < -0.4 is 0 Å². The molecule has 46 heavy (non-hydrogen) atoms. The van der Waals surface area contributed by atoms with Gasteiger partial charge in [0.05, 0.1) is 31.3 Å². The smallest absolute Gasteiger partial charge is 0.310 e. The number of carboxylic acid groups (broad SMARTS) is 1. The largest absolute Gasteiger partial charge is 0.481 e. The number of carboxylic acids is 1. The van der Waals surface area contributed by atoms with E-state index in [-0.39, 0.29) is 41.3 Å². The van der Waals surface area contributed by atoms with Crippen molar-refractivity contribution in [1.29, 1.82) is 0 Å². The van der Waals surface area contributed by atoms with Gasteiger partial charge in [-0.05, 0) is 104 Å². The Morgan fingerprint density at radius 2 is 1.59 bits per heavy atom. The predicted molar refractivity (Wildman–Crippen MR) is 168 cm³/mol. The van der Waals surface area contributed by atoms with Crippen LogP contribution in [0.15, 0.2) is 11.6 Å². The first-order valence-electron chi connectivity index (χ1n) is 17.6. The Morgan fingerprint density at radius 3 is 2.24 bits per heavy atom. The highest BCUT2D eigenvalue weighted by Crippen LogP contribution is 2.75. The maximum absolute atomic E-state index is 13.2. The minimum absolute atomic E-state index is 0.0246. The minimum Gasteiger partial charge on any atom is -0.481 e. The summed E-state index contributed by atoms with van der Waals surface area (Å²) in [5, 5.41) is 73.0. The molecular formula is C36H58O10. The molecule has 4 saturated carbocycles.